The summed E-state index contributed by atoms with van der Waals surface area (Å²) >= 11 is 0. The smallest absolute Gasteiger partial charge is 0.415 e. The molecule has 1 heterocycles. The lowest BCUT2D eigenvalue weighted by molar-refractivity contribution is 0.0629. The first-order chi connectivity index (χ1) is 8.19. The lowest BCUT2D eigenvalue weighted by Gasteiger charge is -2.20. The topological polar surface area (TPSA) is 49.8 Å². The average Bonchev–Trinajstić information content (AvgIpc) is 2.87. The van der Waals surface area contributed by atoms with Gasteiger partial charge in [0.2, 0.25) is 0 Å². The van der Waals surface area contributed by atoms with Gasteiger partial charge in [-0.25, -0.2) is 4.79 Å². The highest BCUT2D eigenvalue weighted by Gasteiger charge is 2.47. The molecular formula is C13H15NO3. The summed E-state index contributed by atoms with van der Waals surface area (Å²) in [6, 6.07) is 6.73. The Labute approximate surface area is 99.8 Å². The number of phenolic OH excluding ortho intramolecular Hbond substituents is 1. The summed E-state index contributed by atoms with van der Waals surface area (Å²) in [5, 5.41) is 9.44. The van der Waals surface area contributed by atoms with E-state index in [-0.39, 0.29) is 17.4 Å². The van der Waals surface area contributed by atoms with Gasteiger partial charge >= 0.3 is 6.09 Å². The minimum absolute atomic E-state index is 0.169. The summed E-state index contributed by atoms with van der Waals surface area (Å²) in [7, 11) is 0. The number of rotatable bonds is 1. The van der Waals surface area contributed by atoms with E-state index in [4.69, 9.17) is 4.74 Å². The summed E-state index contributed by atoms with van der Waals surface area (Å²) in [4.78, 5) is 13.5. The van der Waals surface area contributed by atoms with E-state index >= 15 is 0 Å². The van der Waals surface area contributed by atoms with Crippen molar-refractivity contribution in [1.29, 1.82) is 0 Å². The first-order valence-electron chi connectivity index (χ1n) is 5.98. The molecule has 1 spiro atoms. The molecule has 1 aromatic rings. The zero-order chi connectivity index (χ0) is 11.9. The standard InChI is InChI=1S/C13H15NO3/c15-11-5-3-4-10(8-11)14-9-13(17-12(14)16)6-1-2-7-13/h3-5,8,15H,1-2,6-7,9H2. The molecule has 0 radical (unpaired) electrons. The zero-order valence-electron chi connectivity index (χ0n) is 9.56. The van der Waals surface area contributed by atoms with Crippen molar-refractivity contribution in [3.05, 3.63) is 24.3 Å². The second-order valence-electron chi connectivity index (χ2n) is 4.86. The highest BCUT2D eigenvalue weighted by molar-refractivity contribution is 5.90. The molecule has 90 valence electrons. The van der Waals surface area contributed by atoms with Crippen molar-refractivity contribution in [2.75, 3.05) is 11.4 Å². The molecule has 1 saturated carbocycles. The van der Waals surface area contributed by atoms with E-state index in [1.54, 1.807) is 23.1 Å². The van der Waals surface area contributed by atoms with E-state index in [0.717, 1.165) is 25.7 Å². The van der Waals surface area contributed by atoms with E-state index in [1.165, 1.54) is 0 Å². The second kappa shape index (κ2) is 3.65. The molecule has 0 unspecified atom stereocenters. The van der Waals surface area contributed by atoms with Crippen LogP contribution in [0.4, 0.5) is 10.5 Å². The molecule has 1 saturated heterocycles. The van der Waals surface area contributed by atoms with Crippen LogP contribution in [0, 0.1) is 0 Å². The number of benzene rings is 1. The number of hydrogen-bond donors (Lipinski definition) is 1. The molecule has 4 nitrogen and oxygen atoms in total. The lowest BCUT2D eigenvalue weighted by atomic mass is 10.0. The van der Waals surface area contributed by atoms with Crippen LogP contribution in [0.2, 0.25) is 0 Å². The van der Waals surface area contributed by atoms with Crippen molar-refractivity contribution in [1.82, 2.24) is 0 Å². The highest BCUT2D eigenvalue weighted by Crippen LogP contribution is 2.40. The Kier molecular flexibility index (Phi) is 2.24. The van der Waals surface area contributed by atoms with Gasteiger partial charge in [0.15, 0.2) is 0 Å². The molecule has 0 bridgehead atoms. The predicted molar refractivity (Wildman–Crippen MR) is 63.1 cm³/mol. The predicted octanol–water partition coefficient (Wildman–Crippen LogP) is 2.66. The number of amides is 1. The van der Waals surface area contributed by atoms with Crippen molar-refractivity contribution in [3.8, 4) is 5.75 Å². The fraction of sp³-hybridized carbons (Fsp3) is 0.462. The maximum Gasteiger partial charge on any atom is 0.415 e. The van der Waals surface area contributed by atoms with Crippen LogP contribution in [0.5, 0.6) is 5.75 Å². The molecule has 4 heteroatoms. The van der Waals surface area contributed by atoms with Crippen molar-refractivity contribution >= 4 is 11.8 Å². The third-order valence-corrected chi connectivity index (χ3v) is 3.63. The van der Waals surface area contributed by atoms with Gasteiger partial charge in [0.05, 0.1) is 12.2 Å². The first kappa shape index (κ1) is 10.4. The number of hydrogen-bond acceptors (Lipinski definition) is 3. The highest BCUT2D eigenvalue weighted by atomic mass is 16.6. The van der Waals surface area contributed by atoms with E-state index < -0.39 is 0 Å². The van der Waals surface area contributed by atoms with Gasteiger partial charge < -0.3 is 9.84 Å². The molecule has 17 heavy (non-hydrogen) atoms. The minimum Gasteiger partial charge on any atom is -0.508 e. The van der Waals surface area contributed by atoms with E-state index in [2.05, 4.69) is 0 Å². The van der Waals surface area contributed by atoms with Crippen LogP contribution >= 0.6 is 0 Å². The van der Waals surface area contributed by atoms with Gasteiger partial charge in [0.1, 0.15) is 11.4 Å². The van der Waals surface area contributed by atoms with Crippen molar-refractivity contribution in [2.45, 2.75) is 31.3 Å². The molecule has 0 aromatic heterocycles. The van der Waals surface area contributed by atoms with Gasteiger partial charge in [-0.1, -0.05) is 6.07 Å². The number of carbonyl (C=O) groups excluding carboxylic acids is 1. The summed E-state index contributed by atoms with van der Waals surface area (Å²) in [6.07, 6.45) is 3.86. The maximum atomic E-state index is 11.9. The first-order valence-corrected chi connectivity index (χ1v) is 5.98. The van der Waals surface area contributed by atoms with Crippen LogP contribution in [0.25, 0.3) is 0 Å². The number of nitrogens with zero attached hydrogens (tertiary/aromatic N) is 1. The lowest BCUT2D eigenvalue weighted by Crippen LogP contribution is -2.31. The van der Waals surface area contributed by atoms with Gasteiger partial charge in [-0.2, -0.15) is 0 Å². The molecule has 2 aliphatic rings. The Morgan fingerprint density at radius 1 is 1.29 bits per heavy atom. The number of ether oxygens (including phenoxy) is 1. The largest absolute Gasteiger partial charge is 0.508 e. The van der Waals surface area contributed by atoms with Gasteiger partial charge in [-0.15, -0.1) is 0 Å². The second-order valence-corrected chi connectivity index (χ2v) is 4.86. The van der Waals surface area contributed by atoms with Crippen molar-refractivity contribution in [2.24, 2.45) is 0 Å². The zero-order valence-corrected chi connectivity index (χ0v) is 9.56. The van der Waals surface area contributed by atoms with Crippen LogP contribution in [-0.2, 0) is 4.74 Å². The third-order valence-electron chi connectivity index (χ3n) is 3.63. The summed E-state index contributed by atoms with van der Waals surface area (Å²) in [5.41, 5.74) is 0.432. The molecule has 1 aromatic carbocycles. The van der Waals surface area contributed by atoms with Crippen LogP contribution < -0.4 is 4.90 Å². The Morgan fingerprint density at radius 3 is 2.76 bits per heavy atom. The fourth-order valence-electron chi connectivity index (χ4n) is 2.76. The van der Waals surface area contributed by atoms with E-state index in [0.29, 0.717) is 12.2 Å². The van der Waals surface area contributed by atoms with Gasteiger partial charge in [-0.3, -0.25) is 4.90 Å². The van der Waals surface area contributed by atoms with Crippen LogP contribution in [-0.4, -0.2) is 23.3 Å². The third kappa shape index (κ3) is 1.73. The number of carbonyl (C=O) groups is 1. The van der Waals surface area contributed by atoms with E-state index in [1.807, 2.05) is 6.07 Å². The summed E-state index contributed by atoms with van der Waals surface area (Å²) in [6.45, 7) is 0.606. The fourth-order valence-corrected chi connectivity index (χ4v) is 2.76. The average molecular weight is 233 g/mol. The van der Waals surface area contributed by atoms with Crippen LogP contribution in [0.1, 0.15) is 25.7 Å². The monoisotopic (exact) mass is 233 g/mol. The molecule has 3 rings (SSSR count). The van der Waals surface area contributed by atoms with Gasteiger partial charge in [0, 0.05) is 6.07 Å². The van der Waals surface area contributed by atoms with Crippen LogP contribution in [0.15, 0.2) is 24.3 Å². The van der Waals surface area contributed by atoms with Crippen molar-refractivity contribution in [3.63, 3.8) is 0 Å². The Balaban J connectivity index is 1.87. The Bertz CT molecular complexity index is 452. The SMILES string of the molecule is O=C1OC2(CCCC2)CN1c1cccc(O)c1. The number of aromatic hydroxyl groups is 1. The quantitative estimate of drug-likeness (QED) is 0.811. The summed E-state index contributed by atoms with van der Waals surface area (Å²) < 4.78 is 5.52. The van der Waals surface area contributed by atoms with E-state index in [9.17, 15) is 9.90 Å². The Hall–Kier alpha value is -1.71. The normalized spacial score (nSPS) is 22.1. The van der Waals surface area contributed by atoms with Gasteiger partial charge in [-0.05, 0) is 37.8 Å². The molecule has 2 fully saturated rings. The molecule has 1 aliphatic carbocycles. The Morgan fingerprint density at radius 2 is 2.06 bits per heavy atom. The summed E-state index contributed by atoms with van der Waals surface area (Å²) in [5.74, 6) is 0.169. The van der Waals surface area contributed by atoms with Crippen LogP contribution in [0.3, 0.4) is 0 Å². The number of anilines is 1. The molecule has 1 N–H and O–H groups in total. The molecule has 1 amide bonds. The van der Waals surface area contributed by atoms with Gasteiger partial charge in [0.25, 0.3) is 0 Å². The molecule has 0 atom stereocenters. The van der Waals surface area contributed by atoms with Crippen molar-refractivity contribution < 1.29 is 14.6 Å². The molecular weight excluding hydrogens is 218 g/mol. The number of phenols is 1. The minimum atomic E-state index is -0.294. The molecule has 1 aliphatic heterocycles. The maximum absolute atomic E-state index is 11.9.